The van der Waals surface area contributed by atoms with E-state index in [4.69, 9.17) is 0 Å². The lowest BCUT2D eigenvalue weighted by atomic mass is 10.0. The molecular weight excluding hydrogens is 482 g/mol. The van der Waals surface area contributed by atoms with Crippen molar-refractivity contribution < 1.29 is 9.59 Å². The lowest BCUT2D eigenvalue weighted by Gasteiger charge is -2.09. The first-order chi connectivity index (χ1) is 18.9. The van der Waals surface area contributed by atoms with E-state index in [1.54, 1.807) is 36.5 Å². The minimum atomic E-state index is -0.254. The Bertz CT molecular complexity index is 1250. The van der Waals surface area contributed by atoms with E-state index in [9.17, 15) is 9.59 Å². The number of nitrogens with one attached hydrogen (secondary N) is 2. The van der Waals surface area contributed by atoms with E-state index < -0.39 is 0 Å². The Kier molecular flexibility index (Phi) is 17.0. The van der Waals surface area contributed by atoms with Crippen LogP contribution in [0.3, 0.4) is 0 Å². The van der Waals surface area contributed by atoms with Crippen molar-refractivity contribution in [3.63, 3.8) is 0 Å². The topological polar surface area (TPSA) is 71.1 Å². The monoisotopic (exact) mass is 523 g/mol. The van der Waals surface area contributed by atoms with Crippen molar-refractivity contribution in [1.29, 1.82) is 0 Å². The van der Waals surface area contributed by atoms with Crippen LogP contribution in [0.2, 0.25) is 0 Å². The molecule has 2 amide bonds. The Hall–Kier alpha value is -4.77. The third-order valence-corrected chi connectivity index (χ3v) is 4.90. The van der Waals surface area contributed by atoms with Gasteiger partial charge in [-0.3, -0.25) is 14.6 Å². The Morgan fingerprint density at radius 2 is 1.44 bits per heavy atom. The lowest BCUT2D eigenvalue weighted by Crippen LogP contribution is -2.20. The van der Waals surface area contributed by atoms with Crippen molar-refractivity contribution >= 4 is 29.7 Å². The van der Waals surface area contributed by atoms with Crippen LogP contribution >= 0.6 is 0 Å². The molecule has 204 valence electrons. The number of rotatable bonds is 8. The highest BCUT2D eigenvalue weighted by molar-refractivity contribution is 6.04. The number of anilines is 1. The van der Waals surface area contributed by atoms with Crippen molar-refractivity contribution in [3.05, 3.63) is 134 Å². The van der Waals surface area contributed by atoms with Gasteiger partial charge in [0.2, 0.25) is 0 Å². The molecule has 0 spiro atoms. The van der Waals surface area contributed by atoms with Crippen LogP contribution in [0.1, 0.15) is 66.5 Å². The molecule has 39 heavy (non-hydrogen) atoms. The van der Waals surface area contributed by atoms with E-state index in [2.05, 4.69) is 48.5 Å². The summed E-state index contributed by atoms with van der Waals surface area (Å²) in [5, 5.41) is 5.52. The normalized spacial score (nSPS) is 9.26. The van der Waals surface area contributed by atoms with E-state index in [1.165, 1.54) is 6.08 Å². The number of hydrogen-bond donors (Lipinski definition) is 2. The van der Waals surface area contributed by atoms with Gasteiger partial charge in [-0.05, 0) is 60.5 Å². The van der Waals surface area contributed by atoms with Gasteiger partial charge in [-0.2, -0.15) is 0 Å². The molecule has 2 aromatic carbocycles. The highest BCUT2D eigenvalue weighted by atomic mass is 16.2. The maximum absolute atomic E-state index is 12.7. The molecule has 0 bridgehead atoms. The molecule has 1 aromatic heterocycles. The maximum atomic E-state index is 12.7. The average molecular weight is 524 g/mol. The van der Waals surface area contributed by atoms with E-state index in [1.807, 2.05) is 77.1 Å². The largest absolute Gasteiger partial charge is 0.323 e. The number of nitrogens with zero attached hydrogens (tertiary/aromatic N) is 1. The van der Waals surface area contributed by atoms with Gasteiger partial charge < -0.3 is 10.6 Å². The number of aromatic nitrogens is 1. The second-order valence-electron chi connectivity index (χ2n) is 7.19. The first kappa shape index (κ1) is 34.2. The number of benzene rings is 2. The summed E-state index contributed by atoms with van der Waals surface area (Å²) < 4.78 is 0. The zero-order valence-electron chi connectivity index (χ0n) is 23.9. The molecule has 0 saturated heterocycles. The number of amides is 2. The predicted molar refractivity (Wildman–Crippen MR) is 170 cm³/mol. The summed E-state index contributed by atoms with van der Waals surface area (Å²) in [6, 6.07) is 16.1. The first-order valence-corrected chi connectivity index (χ1v) is 12.8. The van der Waals surface area contributed by atoms with E-state index >= 15 is 0 Å². The van der Waals surface area contributed by atoms with Gasteiger partial charge in [-0.15, -0.1) is 13.2 Å². The fourth-order valence-corrected chi connectivity index (χ4v) is 3.13. The van der Waals surface area contributed by atoms with Gasteiger partial charge >= 0.3 is 0 Å². The maximum Gasteiger partial charge on any atom is 0.255 e. The van der Waals surface area contributed by atoms with Crippen LogP contribution in [0.4, 0.5) is 5.69 Å². The molecule has 5 nitrogen and oxygen atoms in total. The minimum Gasteiger partial charge on any atom is -0.323 e. The van der Waals surface area contributed by atoms with Crippen molar-refractivity contribution in [2.45, 2.75) is 34.6 Å². The summed E-state index contributed by atoms with van der Waals surface area (Å²) in [6.45, 7) is 27.0. The molecule has 5 heteroatoms. The summed E-state index contributed by atoms with van der Waals surface area (Å²) in [5.74, 6) is -0.474. The molecule has 0 saturated carbocycles. The van der Waals surface area contributed by atoms with E-state index in [-0.39, 0.29) is 11.8 Å². The average Bonchev–Trinajstić information content (AvgIpc) is 3.00. The molecule has 0 fully saturated rings. The Morgan fingerprint density at radius 1 is 0.821 bits per heavy atom. The lowest BCUT2D eigenvalue weighted by molar-refractivity contribution is 0.0966. The summed E-state index contributed by atoms with van der Waals surface area (Å²) >= 11 is 0. The Balaban J connectivity index is 0.00000225. The number of pyridine rings is 1. The van der Waals surface area contributed by atoms with E-state index in [0.29, 0.717) is 22.5 Å². The first-order valence-electron chi connectivity index (χ1n) is 12.8. The molecule has 3 aromatic rings. The van der Waals surface area contributed by atoms with Gasteiger partial charge in [-0.25, -0.2) is 0 Å². The quantitative estimate of drug-likeness (QED) is 0.229. The molecule has 1 heterocycles. The number of hydrogen-bond acceptors (Lipinski definition) is 3. The van der Waals surface area contributed by atoms with Gasteiger partial charge in [0.15, 0.2) is 0 Å². The molecule has 0 radical (unpaired) electrons. The predicted octanol–water partition coefficient (Wildman–Crippen LogP) is 8.96. The zero-order valence-corrected chi connectivity index (χ0v) is 23.9. The fraction of sp³-hybridized carbons (Fsp3) is 0.147. The van der Waals surface area contributed by atoms with Crippen molar-refractivity contribution in [3.8, 4) is 11.3 Å². The molecule has 3 rings (SSSR count). The molecule has 0 aliphatic rings. The number of allylic oxidation sites excluding steroid dienone is 2. The highest BCUT2D eigenvalue weighted by Crippen LogP contribution is 2.21. The minimum absolute atomic E-state index is 0.220. The Labute approximate surface area is 234 Å². The van der Waals surface area contributed by atoms with Gasteiger partial charge in [0, 0.05) is 22.4 Å². The van der Waals surface area contributed by atoms with E-state index in [0.717, 1.165) is 22.4 Å². The van der Waals surface area contributed by atoms with Crippen LogP contribution in [0.15, 0.2) is 112 Å². The third kappa shape index (κ3) is 10.6. The number of carbonyl (C=O) groups is 2. The second kappa shape index (κ2) is 19.4. The van der Waals surface area contributed by atoms with Crippen molar-refractivity contribution in [2.24, 2.45) is 0 Å². The Morgan fingerprint density at radius 3 is 1.95 bits per heavy atom. The summed E-state index contributed by atoms with van der Waals surface area (Å²) in [7, 11) is 0. The van der Waals surface area contributed by atoms with Crippen LogP contribution in [-0.4, -0.2) is 16.8 Å². The van der Waals surface area contributed by atoms with Gasteiger partial charge in [-0.1, -0.05) is 83.9 Å². The van der Waals surface area contributed by atoms with Crippen LogP contribution in [0, 0.1) is 0 Å². The van der Waals surface area contributed by atoms with Gasteiger partial charge in [0.05, 0.1) is 17.6 Å². The standard InChI is InChI=1S/C28H25N3O2.2C2H6.C2H4/c1-5-8-23-17-24(14-9-20(23)7-3)28(33)31-25-15-16-26(29-18-25)21-10-12-22(13-11-21)27(32)30-19(4)6-2;3*1-2/h5-18H,2-4H2,1H3,(H,30,32)(H,31,33);2*1-2H3;1-2H2/b8-5-;;;. The second-order valence-corrected chi connectivity index (χ2v) is 7.19. The molecule has 0 atom stereocenters. The summed E-state index contributed by atoms with van der Waals surface area (Å²) in [4.78, 5) is 29.3. The molecule has 0 aliphatic carbocycles. The summed E-state index contributed by atoms with van der Waals surface area (Å²) in [5.41, 5.74) is 5.55. The fourth-order valence-electron chi connectivity index (χ4n) is 3.13. The van der Waals surface area contributed by atoms with Crippen molar-refractivity contribution in [2.75, 3.05) is 5.32 Å². The molecule has 0 unspecified atom stereocenters. The zero-order chi connectivity index (χ0) is 29.8. The summed E-state index contributed by atoms with van der Waals surface area (Å²) in [6.07, 6.45) is 8.70. The van der Waals surface area contributed by atoms with Crippen molar-refractivity contribution in [1.82, 2.24) is 10.3 Å². The molecular formula is C34H41N3O2. The van der Waals surface area contributed by atoms with Crippen LogP contribution in [0.5, 0.6) is 0 Å². The third-order valence-electron chi connectivity index (χ3n) is 4.90. The van der Waals surface area contributed by atoms with Gasteiger partial charge in [0.25, 0.3) is 11.8 Å². The highest BCUT2D eigenvalue weighted by Gasteiger charge is 2.10. The van der Waals surface area contributed by atoms with Crippen LogP contribution < -0.4 is 10.6 Å². The SMILES string of the molecule is C=C.C=CC(=C)NC(=O)c1ccc(-c2ccc(NC(=O)c3ccc(C=C)c(/C=C\C)c3)cn2)cc1.CC.CC. The number of carbonyl (C=O) groups excluding carboxylic acids is 2. The van der Waals surface area contributed by atoms with Crippen LogP contribution in [0.25, 0.3) is 23.4 Å². The molecule has 2 N–H and O–H groups in total. The smallest absolute Gasteiger partial charge is 0.255 e. The van der Waals surface area contributed by atoms with Crippen LogP contribution in [-0.2, 0) is 0 Å². The van der Waals surface area contributed by atoms with Gasteiger partial charge in [0.1, 0.15) is 0 Å². The molecule has 0 aliphatic heterocycles.